The number of carbonyl (C=O) groups is 1. The number of H-pyrrole nitrogens is 1. The van der Waals surface area contributed by atoms with E-state index in [1.807, 2.05) is 48.3 Å². The van der Waals surface area contributed by atoms with Crippen molar-refractivity contribution in [3.63, 3.8) is 0 Å². The Hall–Kier alpha value is -3.71. The number of aromatic amines is 1. The second kappa shape index (κ2) is 8.43. The maximum absolute atomic E-state index is 12.8. The molecule has 0 saturated carbocycles. The van der Waals surface area contributed by atoms with Gasteiger partial charge in [0.1, 0.15) is 5.69 Å². The van der Waals surface area contributed by atoms with Crippen LogP contribution in [0.15, 0.2) is 67.1 Å². The number of carbonyl (C=O) groups excluding carboxylic acids is 1. The maximum atomic E-state index is 12.8. The monoisotopic (exact) mass is 426 g/mol. The number of pyridine rings is 1. The molecule has 162 valence electrons. The molecule has 5 rings (SSSR count). The van der Waals surface area contributed by atoms with Gasteiger partial charge in [0.2, 0.25) is 5.91 Å². The van der Waals surface area contributed by atoms with E-state index in [0.29, 0.717) is 19.6 Å². The standard InChI is InChI=1S/C25H26N6O/c1-29(2)13-3-4-23(32)30-14-15-31-22(17-30)24(19-7-10-26-11-8-19)25(28-31)20-6-5-18-9-12-27-21(18)16-20/h3-12,16,27H,13-15,17H2,1-2H3/b4-3+. The Balaban J connectivity index is 1.55. The van der Waals surface area contributed by atoms with Gasteiger partial charge in [-0.15, -0.1) is 0 Å². The van der Waals surface area contributed by atoms with E-state index in [1.165, 1.54) is 5.39 Å². The molecule has 4 aromatic rings. The van der Waals surface area contributed by atoms with Gasteiger partial charge >= 0.3 is 0 Å². The molecular formula is C25H26N6O. The van der Waals surface area contributed by atoms with Crippen LogP contribution < -0.4 is 0 Å². The predicted octanol–water partition coefficient (Wildman–Crippen LogP) is 3.55. The van der Waals surface area contributed by atoms with E-state index in [-0.39, 0.29) is 5.91 Å². The Morgan fingerprint density at radius 1 is 1.12 bits per heavy atom. The van der Waals surface area contributed by atoms with E-state index in [0.717, 1.165) is 40.1 Å². The highest BCUT2D eigenvalue weighted by Gasteiger charge is 2.27. The van der Waals surface area contributed by atoms with Gasteiger partial charge in [0.05, 0.1) is 18.8 Å². The lowest BCUT2D eigenvalue weighted by molar-refractivity contribution is -0.127. The molecule has 0 radical (unpaired) electrons. The van der Waals surface area contributed by atoms with E-state index >= 15 is 0 Å². The van der Waals surface area contributed by atoms with Crippen molar-refractivity contribution in [3.8, 4) is 22.4 Å². The molecular weight excluding hydrogens is 400 g/mol. The summed E-state index contributed by atoms with van der Waals surface area (Å²) in [6, 6.07) is 12.4. The zero-order chi connectivity index (χ0) is 22.1. The molecule has 0 spiro atoms. The second-order valence-electron chi connectivity index (χ2n) is 8.33. The number of hydrogen-bond donors (Lipinski definition) is 1. The van der Waals surface area contributed by atoms with E-state index in [2.05, 4.69) is 38.9 Å². The molecule has 0 unspecified atom stereocenters. The summed E-state index contributed by atoms with van der Waals surface area (Å²) in [6.45, 7) is 2.59. The number of amides is 1. The van der Waals surface area contributed by atoms with Crippen LogP contribution in [0.25, 0.3) is 33.3 Å². The summed E-state index contributed by atoms with van der Waals surface area (Å²) >= 11 is 0. The number of nitrogens with one attached hydrogen (secondary N) is 1. The summed E-state index contributed by atoms with van der Waals surface area (Å²) in [4.78, 5) is 24.2. The average molecular weight is 427 g/mol. The molecule has 1 N–H and O–H groups in total. The highest BCUT2D eigenvalue weighted by atomic mass is 16.2. The van der Waals surface area contributed by atoms with Gasteiger partial charge in [0.15, 0.2) is 0 Å². The topological polar surface area (TPSA) is 70.1 Å². The lowest BCUT2D eigenvalue weighted by Gasteiger charge is -2.27. The number of hydrogen-bond acceptors (Lipinski definition) is 4. The van der Waals surface area contributed by atoms with Crippen LogP contribution in [-0.2, 0) is 17.9 Å². The summed E-state index contributed by atoms with van der Waals surface area (Å²) < 4.78 is 2.05. The smallest absolute Gasteiger partial charge is 0.246 e. The third kappa shape index (κ3) is 3.83. The largest absolute Gasteiger partial charge is 0.361 e. The molecule has 0 aliphatic carbocycles. The first-order chi connectivity index (χ1) is 15.6. The molecule has 3 aromatic heterocycles. The zero-order valence-electron chi connectivity index (χ0n) is 18.3. The average Bonchev–Trinajstić information content (AvgIpc) is 3.42. The van der Waals surface area contributed by atoms with Crippen LogP contribution in [0.2, 0.25) is 0 Å². The van der Waals surface area contributed by atoms with Crippen LogP contribution in [0.5, 0.6) is 0 Å². The molecule has 0 bridgehead atoms. The fourth-order valence-corrected chi connectivity index (χ4v) is 4.19. The molecule has 7 heteroatoms. The van der Waals surface area contributed by atoms with Crippen LogP contribution in [-0.4, -0.2) is 62.6 Å². The Bertz CT molecular complexity index is 1280. The van der Waals surface area contributed by atoms with Gasteiger partial charge in [0, 0.05) is 54.4 Å². The molecule has 1 aliphatic heterocycles. The Morgan fingerprint density at radius 3 is 2.78 bits per heavy atom. The summed E-state index contributed by atoms with van der Waals surface area (Å²) in [5.41, 5.74) is 6.24. The Kier molecular flexibility index (Phi) is 5.33. The first kappa shape index (κ1) is 20.2. The lowest BCUT2D eigenvalue weighted by Crippen LogP contribution is -2.37. The van der Waals surface area contributed by atoms with E-state index in [4.69, 9.17) is 5.10 Å². The molecule has 0 atom stereocenters. The van der Waals surface area contributed by atoms with Gasteiger partial charge in [-0.1, -0.05) is 18.2 Å². The van der Waals surface area contributed by atoms with Crippen molar-refractivity contribution in [1.29, 1.82) is 0 Å². The van der Waals surface area contributed by atoms with Gasteiger partial charge in [0.25, 0.3) is 0 Å². The van der Waals surface area contributed by atoms with Gasteiger partial charge in [-0.2, -0.15) is 5.10 Å². The molecule has 4 heterocycles. The van der Waals surface area contributed by atoms with Crippen molar-refractivity contribution in [3.05, 3.63) is 72.8 Å². The van der Waals surface area contributed by atoms with Crippen molar-refractivity contribution >= 4 is 16.8 Å². The molecule has 1 aromatic carbocycles. The minimum absolute atomic E-state index is 0.0364. The molecule has 1 aliphatic rings. The van der Waals surface area contributed by atoms with Crippen LogP contribution >= 0.6 is 0 Å². The van der Waals surface area contributed by atoms with Gasteiger partial charge in [-0.3, -0.25) is 14.5 Å². The molecule has 0 fully saturated rings. The number of rotatable bonds is 5. The Labute approximate surface area is 187 Å². The SMILES string of the molecule is CN(C)C/C=C/C(=O)N1CCn2nc(-c3ccc4cc[nH]c4c3)c(-c3ccncc3)c2C1. The third-order valence-corrected chi connectivity index (χ3v) is 5.82. The van der Waals surface area contributed by atoms with Crippen molar-refractivity contribution in [2.24, 2.45) is 0 Å². The first-order valence-electron chi connectivity index (χ1n) is 10.8. The highest BCUT2D eigenvalue weighted by Crippen LogP contribution is 2.37. The van der Waals surface area contributed by atoms with Crippen molar-refractivity contribution in [2.45, 2.75) is 13.1 Å². The lowest BCUT2D eigenvalue weighted by atomic mass is 9.98. The molecule has 32 heavy (non-hydrogen) atoms. The minimum Gasteiger partial charge on any atom is -0.361 e. The van der Waals surface area contributed by atoms with Crippen LogP contribution in [0.1, 0.15) is 5.69 Å². The van der Waals surface area contributed by atoms with Gasteiger partial charge in [-0.25, -0.2) is 0 Å². The molecule has 1 amide bonds. The normalized spacial score (nSPS) is 13.9. The third-order valence-electron chi connectivity index (χ3n) is 5.82. The van der Waals surface area contributed by atoms with E-state index < -0.39 is 0 Å². The van der Waals surface area contributed by atoms with Crippen molar-refractivity contribution < 1.29 is 4.79 Å². The summed E-state index contributed by atoms with van der Waals surface area (Å²) in [5, 5.41) is 6.16. The number of likely N-dealkylation sites (N-methyl/N-ethyl adjacent to an activating group) is 1. The van der Waals surface area contributed by atoms with Crippen molar-refractivity contribution in [1.82, 2.24) is 29.5 Å². The van der Waals surface area contributed by atoms with Crippen molar-refractivity contribution in [2.75, 3.05) is 27.2 Å². The van der Waals surface area contributed by atoms with Crippen LogP contribution in [0.3, 0.4) is 0 Å². The summed E-state index contributed by atoms with van der Waals surface area (Å²) in [7, 11) is 3.97. The fraction of sp³-hybridized carbons (Fsp3) is 0.240. The van der Waals surface area contributed by atoms with Gasteiger partial charge < -0.3 is 14.8 Å². The minimum atomic E-state index is 0.0364. The van der Waals surface area contributed by atoms with Crippen LogP contribution in [0.4, 0.5) is 0 Å². The number of benzene rings is 1. The number of fused-ring (bicyclic) bond motifs is 2. The number of nitrogens with zero attached hydrogens (tertiary/aromatic N) is 5. The van der Waals surface area contributed by atoms with Gasteiger partial charge in [-0.05, 0) is 49.3 Å². The highest BCUT2D eigenvalue weighted by molar-refractivity contribution is 5.90. The quantitative estimate of drug-likeness (QED) is 0.496. The summed E-state index contributed by atoms with van der Waals surface area (Å²) in [5.74, 6) is 0.0364. The summed E-state index contributed by atoms with van der Waals surface area (Å²) in [6.07, 6.45) is 9.14. The van der Waals surface area contributed by atoms with E-state index in [1.54, 1.807) is 18.5 Å². The molecule has 7 nitrogen and oxygen atoms in total. The second-order valence-corrected chi connectivity index (χ2v) is 8.33. The maximum Gasteiger partial charge on any atom is 0.246 e. The number of aromatic nitrogens is 4. The van der Waals surface area contributed by atoms with E-state index in [9.17, 15) is 4.79 Å². The predicted molar refractivity (Wildman–Crippen MR) is 126 cm³/mol. The Morgan fingerprint density at radius 2 is 1.97 bits per heavy atom. The fourth-order valence-electron chi connectivity index (χ4n) is 4.19. The molecule has 0 saturated heterocycles. The first-order valence-corrected chi connectivity index (χ1v) is 10.8. The zero-order valence-corrected chi connectivity index (χ0v) is 18.3. The van der Waals surface area contributed by atoms with Crippen LogP contribution in [0, 0.1) is 0 Å².